The number of nitrogens with zero attached hydrogens (tertiary/aromatic N) is 2. The summed E-state index contributed by atoms with van der Waals surface area (Å²) in [6.45, 7) is 0. The molecule has 0 spiro atoms. The predicted octanol–water partition coefficient (Wildman–Crippen LogP) is 1.47. The maximum Gasteiger partial charge on any atom is 0.225 e. The summed E-state index contributed by atoms with van der Waals surface area (Å²) in [4.78, 5) is 10.7. The average molecular weight is 211 g/mol. The third kappa shape index (κ3) is 2.20. The van der Waals surface area contributed by atoms with E-state index >= 15 is 0 Å². The lowest BCUT2D eigenvalue weighted by molar-refractivity contribution is 0.742. The summed E-state index contributed by atoms with van der Waals surface area (Å²) < 4.78 is 0.279. The van der Waals surface area contributed by atoms with Gasteiger partial charge in [-0.3, -0.25) is 4.98 Å². The van der Waals surface area contributed by atoms with Crippen molar-refractivity contribution in [3.63, 3.8) is 0 Å². The number of anilines is 2. The molecule has 1 aromatic rings. The lowest BCUT2D eigenvalue weighted by Gasteiger charge is -2.11. The highest BCUT2D eigenvalue weighted by molar-refractivity contribution is 7.71. The Morgan fingerprint density at radius 2 is 2.07 bits per heavy atom. The zero-order chi connectivity index (χ0) is 9.97. The number of nitrogens with one attached hydrogen (secondary N) is 2. The van der Waals surface area contributed by atoms with E-state index in [9.17, 15) is 0 Å². The Labute approximate surface area is 87.2 Å². The molecule has 1 fully saturated rings. The van der Waals surface area contributed by atoms with E-state index in [4.69, 9.17) is 18.0 Å². The molecule has 0 saturated heterocycles. The van der Waals surface area contributed by atoms with Crippen molar-refractivity contribution in [3.8, 4) is 0 Å². The second-order valence-corrected chi connectivity index (χ2v) is 3.86. The molecule has 1 saturated carbocycles. The van der Waals surface area contributed by atoms with E-state index < -0.39 is 0 Å². The summed E-state index contributed by atoms with van der Waals surface area (Å²) in [7, 11) is 0. The predicted molar refractivity (Wildman–Crippen MR) is 57.5 cm³/mol. The third-order valence-electron chi connectivity index (χ3n) is 2.37. The fraction of sp³-hybridized carbons (Fsp3) is 0.625. The van der Waals surface area contributed by atoms with Crippen LogP contribution < -0.4 is 11.1 Å². The molecule has 0 aromatic carbocycles. The van der Waals surface area contributed by atoms with Gasteiger partial charge < -0.3 is 11.1 Å². The van der Waals surface area contributed by atoms with Crippen molar-refractivity contribution >= 4 is 24.1 Å². The first kappa shape index (κ1) is 9.39. The first-order chi connectivity index (χ1) is 6.74. The molecule has 0 atom stereocenters. The Morgan fingerprint density at radius 3 is 2.71 bits per heavy atom. The van der Waals surface area contributed by atoms with Gasteiger partial charge in [-0.2, -0.15) is 9.97 Å². The quantitative estimate of drug-likeness (QED) is 0.645. The Kier molecular flexibility index (Phi) is 2.62. The van der Waals surface area contributed by atoms with Crippen molar-refractivity contribution in [2.45, 2.75) is 31.7 Å². The van der Waals surface area contributed by atoms with Crippen LogP contribution in [-0.2, 0) is 0 Å². The number of hydrogen-bond acceptors (Lipinski definition) is 5. The van der Waals surface area contributed by atoms with E-state index in [0.29, 0.717) is 17.9 Å². The normalized spacial score (nSPS) is 17.1. The first-order valence-corrected chi connectivity index (χ1v) is 5.15. The molecule has 1 aromatic heterocycles. The largest absolute Gasteiger partial charge is 0.369 e. The number of H-pyrrole nitrogens is 1. The second-order valence-electron chi connectivity index (χ2n) is 3.49. The zero-order valence-electron chi connectivity index (χ0n) is 7.79. The maximum absolute atomic E-state index is 5.52. The van der Waals surface area contributed by atoms with Crippen LogP contribution in [0.3, 0.4) is 0 Å². The molecular weight excluding hydrogens is 198 g/mol. The maximum atomic E-state index is 5.52. The van der Waals surface area contributed by atoms with Crippen LogP contribution in [0.15, 0.2) is 0 Å². The molecule has 1 aliphatic rings. The van der Waals surface area contributed by atoms with Crippen molar-refractivity contribution < 1.29 is 0 Å². The van der Waals surface area contributed by atoms with E-state index in [2.05, 4.69) is 20.3 Å². The molecule has 0 amide bonds. The van der Waals surface area contributed by atoms with E-state index in [1.165, 1.54) is 25.7 Å². The Balaban J connectivity index is 2.11. The number of hydrogen-bond donors (Lipinski definition) is 3. The van der Waals surface area contributed by atoms with Gasteiger partial charge in [-0.15, -0.1) is 0 Å². The highest BCUT2D eigenvalue weighted by atomic mass is 32.1. The number of rotatable bonds is 2. The van der Waals surface area contributed by atoms with E-state index in [1.807, 2.05) is 0 Å². The summed E-state index contributed by atoms with van der Waals surface area (Å²) in [6.07, 6.45) is 4.92. The lowest BCUT2D eigenvalue weighted by Crippen LogP contribution is -2.17. The monoisotopic (exact) mass is 211 g/mol. The topological polar surface area (TPSA) is 79.6 Å². The van der Waals surface area contributed by atoms with Crippen LogP contribution in [0.25, 0.3) is 0 Å². The molecule has 6 heteroatoms. The SMILES string of the molecule is Nc1nc(=S)nc(NC2CCCC2)[nH]1. The fourth-order valence-electron chi connectivity index (χ4n) is 1.73. The van der Waals surface area contributed by atoms with Gasteiger partial charge in [-0.05, 0) is 25.1 Å². The highest BCUT2D eigenvalue weighted by Gasteiger charge is 2.15. The molecule has 0 bridgehead atoms. The fourth-order valence-corrected chi connectivity index (χ4v) is 1.92. The summed E-state index contributed by atoms with van der Waals surface area (Å²) >= 11 is 4.87. The van der Waals surface area contributed by atoms with Crippen molar-refractivity contribution in [1.82, 2.24) is 15.0 Å². The molecule has 1 heterocycles. The number of aromatic amines is 1. The van der Waals surface area contributed by atoms with Crippen LogP contribution in [0.5, 0.6) is 0 Å². The molecule has 0 radical (unpaired) electrons. The summed E-state index contributed by atoms with van der Waals surface area (Å²) in [5.41, 5.74) is 5.52. The van der Waals surface area contributed by atoms with Gasteiger partial charge in [0.1, 0.15) is 0 Å². The van der Waals surface area contributed by atoms with Gasteiger partial charge in [-0.1, -0.05) is 12.8 Å². The van der Waals surface area contributed by atoms with Gasteiger partial charge in [0.15, 0.2) is 0 Å². The van der Waals surface area contributed by atoms with Gasteiger partial charge in [0.25, 0.3) is 0 Å². The highest BCUT2D eigenvalue weighted by Crippen LogP contribution is 2.20. The Morgan fingerprint density at radius 1 is 1.36 bits per heavy atom. The smallest absolute Gasteiger partial charge is 0.225 e. The lowest BCUT2D eigenvalue weighted by atomic mass is 10.3. The van der Waals surface area contributed by atoms with Crippen molar-refractivity contribution in [1.29, 1.82) is 0 Å². The molecule has 1 aliphatic carbocycles. The van der Waals surface area contributed by atoms with Crippen LogP contribution in [0.4, 0.5) is 11.9 Å². The second kappa shape index (κ2) is 3.91. The van der Waals surface area contributed by atoms with Crippen molar-refractivity contribution in [2.24, 2.45) is 0 Å². The molecule has 0 aliphatic heterocycles. The molecule has 4 N–H and O–H groups in total. The summed E-state index contributed by atoms with van der Waals surface area (Å²) in [5.74, 6) is 0.944. The molecule has 2 rings (SSSR count). The van der Waals surface area contributed by atoms with E-state index in [1.54, 1.807) is 0 Å². The zero-order valence-corrected chi connectivity index (χ0v) is 8.60. The van der Waals surface area contributed by atoms with Crippen molar-refractivity contribution in [3.05, 3.63) is 4.77 Å². The summed E-state index contributed by atoms with van der Waals surface area (Å²) in [6, 6.07) is 0.495. The van der Waals surface area contributed by atoms with Gasteiger partial charge in [0, 0.05) is 6.04 Å². The molecular formula is C8H13N5S. The third-order valence-corrected chi connectivity index (χ3v) is 2.55. The van der Waals surface area contributed by atoms with Crippen LogP contribution in [-0.4, -0.2) is 21.0 Å². The van der Waals surface area contributed by atoms with Gasteiger partial charge in [0.2, 0.25) is 16.7 Å². The molecule has 14 heavy (non-hydrogen) atoms. The van der Waals surface area contributed by atoms with Crippen molar-refractivity contribution in [2.75, 3.05) is 11.1 Å². The molecule has 5 nitrogen and oxygen atoms in total. The number of nitrogen functional groups attached to an aromatic ring is 1. The minimum absolute atomic E-state index is 0.279. The number of nitrogens with two attached hydrogens (primary N) is 1. The molecule has 76 valence electrons. The van der Waals surface area contributed by atoms with E-state index in [-0.39, 0.29) is 4.77 Å². The van der Waals surface area contributed by atoms with Gasteiger partial charge in [0.05, 0.1) is 0 Å². The minimum Gasteiger partial charge on any atom is -0.369 e. The minimum atomic E-state index is 0.279. The standard InChI is InChI=1S/C8H13N5S/c9-6-11-7(13-8(14)12-6)10-5-3-1-2-4-5/h5H,1-4H2,(H4,9,10,11,12,13,14). The average Bonchev–Trinajstić information content (AvgIpc) is 2.54. The van der Waals surface area contributed by atoms with Gasteiger partial charge >= 0.3 is 0 Å². The first-order valence-electron chi connectivity index (χ1n) is 4.74. The van der Waals surface area contributed by atoms with Crippen LogP contribution in [0, 0.1) is 4.77 Å². The Hall–Kier alpha value is -1.17. The number of aromatic nitrogens is 3. The Bertz CT molecular complexity index is 368. The van der Waals surface area contributed by atoms with Crippen LogP contribution >= 0.6 is 12.2 Å². The summed E-state index contributed by atoms with van der Waals surface area (Å²) in [5, 5.41) is 3.27. The van der Waals surface area contributed by atoms with Crippen LogP contribution in [0.1, 0.15) is 25.7 Å². The van der Waals surface area contributed by atoms with Crippen LogP contribution in [0.2, 0.25) is 0 Å². The molecule has 0 unspecified atom stereocenters. The van der Waals surface area contributed by atoms with Gasteiger partial charge in [-0.25, -0.2) is 0 Å². The van der Waals surface area contributed by atoms with E-state index in [0.717, 1.165) is 0 Å².